The number of nitrogens with one attached hydrogen (secondary N) is 1. The predicted octanol–water partition coefficient (Wildman–Crippen LogP) is 2.18. The molecule has 0 fully saturated rings. The topological polar surface area (TPSA) is 79.7 Å². The minimum absolute atomic E-state index is 0.529. The third kappa shape index (κ3) is 2.28. The molecule has 0 aliphatic heterocycles. The molecule has 2 aromatic rings. The number of anilines is 3. The Morgan fingerprint density at radius 1 is 1.44 bits per heavy atom. The molecule has 0 aliphatic rings. The van der Waals surface area contributed by atoms with Crippen LogP contribution in [0, 0.1) is 11.3 Å². The standard InChI is InChI=1S/C13H15N5/c1-3-11-13(8-18(2)17-11)16-12-5-4-10(15)6-9(12)7-14/h4-6,8,16H,3,15H2,1-2H3. The Hall–Kier alpha value is -2.48. The molecule has 1 heterocycles. The molecule has 1 aromatic heterocycles. The third-order valence-electron chi connectivity index (χ3n) is 2.67. The molecule has 2 rings (SSSR count). The molecule has 0 unspecified atom stereocenters. The van der Waals surface area contributed by atoms with Gasteiger partial charge in [0.05, 0.1) is 22.6 Å². The fourth-order valence-corrected chi connectivity index (χ4v) is 1.81. The second-order valence-corrected chi connectivity index (χ2v) is 4.06. The van der Waals surface area contributed by atoms with E-state index in [1.54, 1.807) is 22.9 Å². The van der Waals surface area contributed by atoms with E-state index in [0.29, 0.717) is 11.3 Å². The van der Waals surface area contributed by atoms with Gasteiger partial charge >= 0.3 is 0 Å². The summed E-state index contributed by atoms with van der Waals surface area (Å²) in [6.07, 6.45) is 2.73. The summed E-state index contributed by atoms with van der Waals surface area (Å²) in [6.45, 7) is 2.04. The first-order chi connectivity index (χ1) is 8.63. The molecule has 0 saturated carbocycles. The maximum atomic E-state index is 9.09. The van der Waals surface area contributed by atoms with E-state index in [0.717, 1.165) is 23.5 Å². The first-order valence-electron chi connectivity index (χ1n) is 5.73. The van der Waals surface area contributed by atoms with E-state index in [-0.39, 0.29) is 0 Å². The predicted molar refractivity (Wildman–Crippen MR) is 71.4 cm³/mol. The Bertz CT molecular complexity index is 606. The number of hydrogen-bond donors (Lipinski definition) is 2. The van der Waals surface area contributed by atoms with Gasteiger partial charge in [0.25, 0.3) is 0 Å². The summed E-state index contributed by atoms with van der Waals surface area (Å²) in [5.74, 6) is 0. The number of nitrogens with two attached hydrogens (primary N) is 1. The van der Waals surface area contributed by atoms with Crippen molar-refractivity contribution < 1.29 is 0 Å². The second-order valence-electron chi connectivity index (χ2n) is 4.06. The van der Waals surface area contributed by atoms with Crippen molar-refractivity contribution in [3.05, 3.63) is 35.7 Å². The van der Waals surface area contributed by atoms with Gasteiger partial charge in [-0.15, -0.1) is 0 Å². The Balaban J connectivity index is 2.37. The van der Waals surface area contributed by atoms with Crippen LogP contribution < -0.4 is 11.1 Å². The fourth-order valence-electron chi connectivity index (χ4n) is 1.81. The van der Waals surface area contributed by atoms with Crippen LogP contribution in [0.4, 0.5) is 17.1 Å². The lowest BCUT2D eigenvalue weighted by atomic mass is 10.1. The molecule has 0 radical (unpaired) electrons. The summed E-state index contributed by atoms with van der Waals surface area (Å²) < 4.78 is 1.75. The molecular weight excluding hydrogens is 226 g/mol. The summed E-state index contributed by atoms with van der Waals surface area (Å²) in [5, 5.41) is 16.7. The lowest BCUT2D eigenvalue weighted by Gasteiger charge is -2.08. The number of hydrogen-bond acceptors (Lipinski definition) is 4. The lowest BCUT2D eigenvalue weighted by Crippen LogP contribution is -1.97. The van der Waals surface area contributed by atoms with E-state index < -0.39 is 0 Å². The molecule has 5 nitrogen and oxygen atoms in total. The number of benzene rings is 1. The summed E-state index contributed by atoms with van der Waals surface area (Å²) in [5.41, 5.74) is 9.41. The van der Waals surface area contributed by atoms with Gasteiger partial charge in [-0.25, -0.2) is 0 Å². The second kappa shape index (κ2) is 4.80. The van der Waals surface area contributed by atoms with Gasteiger partial charge in [-0.2, -0.15) is 10.4 Å². The maximum absolute atomic E-state index is 9.09. The highest BCUT2D eigenvalue weighted by atomic mass is 15.3. The molecule has 0 spiro atoms. The van der Waals surface area contributed by atoms with E-state index in [9.17, 15) is 0 Å². The Labute approximate surface area is 106 Å². The zero-order chi connectivity index (χ0) is 13.1. The maximum Gasteiger partial charge on any atom is 0.101 e. The number of nitriles is 1. The summed E-state index contributed by atoms with van der Waals surface area (Å²) >= 11 is 0. The van der Waals surface area contributed by atoms with Crippen molar-refractivity contribution in [3.63, 3.8) is 0 Å². The van der Waals surface area contributed by atoms with Crippen LogP contribution in [0.25, 0.3) is 0 Å². The molecule has 1 aromatic carbocycles. The fraction of sp³-hybridized carbons (Fsp3) is 0.231. The van der Waals surface area contributed by atoms with Crippen LogP contribution in [0.3, 0.4) is 0 Å². The number of nitrogen functional groups attached to an aromatic ring is 1. The molecule has 0 saturated heterocycles. The van der Waals surface area contributed by atoms with Crippen molar-refractivity contribution in [2.45, 2.75) is 13.3 Å². The Morgan fingerprint density at radius 2 is 2.22 bits per heavy atom. The van der Waals surface area contributed by atoms with Gasteiger partial charge in [0.15, 0.2) is 0 Å². The van der Waals surface area contributed by atoms with E-state index in [1.807, 2.05) is 20.2 Å². The summed E-state index contributed by atoms with van der Waals surface area (Å²) in [7, 11) is 1.87. The normalized spacial score (nSPS) is 10.1. The van der Waals surface area contributed by atoms with Crippen LogP contribution in [0.5, 0.6) is 0 Å². The lowest BCUT2D eigenvalue weighted by molar-refractivity contribution is 0.746. The number of aromatic nitrogens is 2. The van der Waals surface area contributed by atoms with Crippen LogP contribution in [0.2, 0.25) is 0 Å². The zero-order valence-corrected chi connectivity index (χ0v) is 10.4. The molecule has 0 bridgehead atoms. The molecule has 0 atom stereocenters. The summed E-state index contributed by atoms with van der Waals surface area (Å²) in [6, 6.07) is 7.36. The van der Waals surface area contributed by atoms with Crippen molar-refractivity contribution in [2.24, 2.45) is 7.05 Å². The Kier molecular flexibility index (Phi) is 3.20. The van der Waals surface area contributed by atoms with Gasteiger partial charge in [0.2, 0.25) is 0 Å². The largest absolute Gasteiger partial charge is 0.399 e. The monoisotopic (exact) mass is 241 g/mol. The minimum atomic E-state index is 0.529. The van der Waals surface area contributed by atoms with Crippen molar-refractivity contribution >= 4 is 17.1 Å². The van der Waals surface area contributed by atoms with Gasteiger partial charge in [-0.05, 0) is 24.6 Å². The van der Waals surface area contributed by atoms with E-state index in [2.05, 4.69) is 16.5 Å². The smallest absolute Gasteiger partial charge is 0.101 e. The van der Waals surface area contributed by atoms with Crippen molar-refractivity contribution in [1.29, 1.82) is 5.26 Å². The zero-order valence-electron chi connectivity index (χ0n) is 10.4. The highest BCUT2D eigenvalue weighted by Gasteiger charge is 2.08. The number of aryl methyl sites for hydroxylation is 2. The van der Waals surface area contributed by atoms with Gasteiger partial charge in [0, 0.05) is 18.9 Å². The van der Waals surface area contributed by atoms with Gasteiger partial charge in [-0.1, -0.05) is 6.92 Å². The highest BCUT2D eigenvalue weighted by Crippen LogP contribution is 2.24. The van der Waals surface area contributed by atoms with E-state index in [1.165, 1.54) is 0 Å². The number of rotatable bonds is 3. The van der Waals surface area contributed by atoms with Gasteiger partial charge < -0.3 is 11.1 Å². The highest BCUT2D eigenvalue weighted by molar-refractivity contribution is 5.70. The van der Waals surface area contributed by atoms with Crippen LogP contribution >= 0.6 is 0 Å². The van der Waals surface area contributed by atoms with Crippen molar-refractivity contribution in [1.82, 2.24) is 9.78 Å². The van der Waals surface area contributed by atoms with Gasteiger partial charge in [0.1, 0.15) is 6.07 Å². The third-order valence-corrected chi connectivity index (χ3v) is 2.67. The molecule has 5 heteroatoms. The minimum Gasteiger partial charge on any atom is -0.399 e. The van der Waals surface area contributed by atoms with E-state index >= 15 is 0 Å². The molecule has 0 aliphatic carbocycles. The van der Waals surface area contributed by atoms with Crippen LogP contribution in [-0.4, -0.2) is 9.78 Å². The molecule has 18 heavy (non-hydrogen) atoms. The Morgan fingerprint density at radius 3 is 2.89 bits per heavy atom. The van der Waals surface area contributed by atoms with Gasteiger partial charge in [-0.3, -0.25) is 4.68 Å². The molecule has 0 amide bonds. The molecule has 3 N–H and O–H groups in total. The van der Waals surface area contributed by atoms with Crippen LogP contribution in [0.1, 0.15) is 18.2 Å². The average Bonchev–Trinajstić information content (AvgIpc) is 2.71. The molecule has 92 valence electrons. The first kappa shape index (κ1) is 12.0. The first-order valence-corrected chi connectivity index (χ1v) is 5.73. The van der Waals surface area contributed by atoms with Crippen LogP contribution in [-0.2, 0) is 13.5 Å². The molecular formula is C13H15N5. The number of nitrogens with zero attached hydrogens (tertiary/aromatic N) is 3. The van der Waals surface area contributed by atoms with Crippen molar-refractivity contribution in [2.75, 3.05) is 11.1 Å². The summed E-state index contributed by atoms with van der Waals surface area (Å²) in [4.78, 5) is 0. The van der Waals surface area contributed by atoms with Crippen LogP contribution in [0.15, 0.2) is 24.4 Å². The van der Waals surface area contributed by atoms with Crippen molar-refractivity contribution in [3.8, 4) is 6.07 Å². The van der Waals surface area contributed by atoms with E-state index in [4.69, 9.17) is 11.0 Å². The quantitative estimate of drug-likeness (QED) is 0.807. The average molecular weight is 241 g/mol. The SMILES string of the molecule is CCc1nn(C)cc1Nc1ccc(N)cc1C#N.